The maximum Gasteiger partial charge on any atom is 0.111 e. The molecule has 5 heteroatoms. The van der Waals surface area contributed by atoms with Crippen LogP contribution in [0.2, 0.25) is 0 Å². The van der Waals surface area contributed by atoms with Crippen LogP contribution in [0.1, 0.15) is 87.9 Å². The second-order valence-corrected chi connectivity index (χ2v) is 14.1. The molecular weight excluding hydrogens is 504 g/mol. The van der Waals surface area contributed by atoms with Gasteiger partial charge in [-0.2, -0.15) is 0 Å². The first-order valence-corrected chi connectivity index (χ1v) is 17.1. The standard InChI is InChI=1S/C36H50N4O/c1-3-7-13-21-38-34-35(19-11-5-1)25-40-23-14-8-4-2-6-12-20-36(34)33(41-36)30(28(35)18-24-40)32-31-27(17-22-37-32)26-15-9-10-16-29(26)39-31/h1-2,5-6,9-10,15-16,28,30,32-34,37-39H,3-4,7-8,11-14,17-25H2/b5-1-,6-2+/t28-,30-,32+,33-,34+,35-,36-/m0/s1. The van der Waals surface area contributed by atoms with Crippen molar-refractivity contribution in [1.29, 1.82) is 0 Å². The Morgan fingerprint density at radius 3 is 2.59 bits per heavy atom. The highest BCUT2D eigenvalue weighted by atomic mass is 16.6. The number of hydrogen-bond acceptors (Lipinski definition) is 4. The number of aromatic amines is 1. The maximum absolute atomic E-state index is 7.25. The molecule has 5 aliphatic heterocycles. The molecular formula is C36H50N4O. The first-order chi connectivity index (χ1) is 20.3. The van der Waals surface area contributed by atoms with E-state index >= 15 is 0 Å². The van der Waals surface area contributed by atoms with E-state index in [4.69, 9.17) is 4.74 Å². The van der Waals surface area contributed by atoms with Crippen LogP contribution in [0.25, 0.3) is 10.9 Å². The van der Waals surface area contributed by atoms with Crippen molar-refractivity contribution in [2.24, 2.45) is 17.3 Å². The highest BCUT2D eigenvalue weighted by Gasteiger charge is 2.76. The van der Waals surface area contributed by atoms with E-state index in [1.54, 1.807) is 5.56 Å². The molecule has 8 atom stereocenters. The van der Waals surface area contributed by atoms with Crippen molar-refractivity contribution in [1.82, 2.24) is 20.5 Å². The Balaban J connectivity index is 1.26. The Labute approximate surface area is 246 Å². The third-order valence-electron chi connectivity index (χ3n) is 12.0. The van der Waals surface area contributed by atoms with Gasteiger partial charge in [0.1, 0.15) is 5.60 Å². The van der Waals surface area contributed by atoms with Gasteiger partial charge < -0.3 is 25.3 Å². The SMILES string of the molecule is C1=C\CC[C@]23CN4CCCC/C=C/CC[C@@]5(O[C@H]5[C@H]([C@H]5NCCc6c5[nH]c5ccccc65)[C@@H]2CC4)[C@@H]3NCCCC/1. The number of piperidine rings is 1. The third kappa shape index (κ3) is 4.49. The van der Waals surface area contributed by atoms with Gasteiger partial charge >= 0.3 is 0 Å². The largest absolute Gasteiger partial charge is 0.364 e. The van der Waals surface area contributed by atoms with Crippen LogP contribution in [0.4, 0.5) is 0 Å². The Bertz CT molecular complexity index is 1300. The summed E-state index contributed by atoms with van der Waals surface area (Å²) in [7, 11) is 0. The van der Waals surface area contributed by atoms with Gasteiger partial charge in [-0.15, -0.1) is 0 Å². The van der Waals surface area contributed by atoms with Crippen molar-refractivity contribution in [3.63, 3.8) is 0 Å². The van der Waals surface area contributed by atoms with Gasteiger partial charge in [0.15, 0.2) is 0 Å². The number of aromatic nitrogens is 1. The molecule has 5 nitrogen and oxygen atoms in total. The van der Waals surface area contributed by atoms with Crippen molar-refractivity contribution < 1.29 is 4.74 Å². The molecule has 3 bridgehead atoms. The summed E-state index contributed by atoms with van der Waals surface area (Å²) in [6.07, 6.45) is 25.1. The third-order valence-corrected chi connectivity index (χ3v) is 12.0. The van der Waals surface area contributed by atoms with Crippen LogP contribution in [0.3, 0.4) is 0 Å². The molecule has 6 heterocycles. The van der Waals surface area contributed by atoms with E-state index in [2.05, 4.69) is 69.1 Å². The number of epoxide rings is 1. The Morgan fingerprint density at radius 2 is 1.66 bits per heavy atom. The molecule has 6 aliphatic rings. The summed E-state index contributed by atoms with van der Waals surface area (Å²) >= 11 is 0. The van der Waals surface area contributed by atoms with E-state index in [0.29, 0.717) is 30.0 Å². The lowest BCUT2D eigenvalue weighted by Crippen LogP contribution is -2.69. The Hall–Kier alpha value is -1.92. The average molecular weight is 555 g/mol. The summed E-state index contributed by atoms with van der Waals surface area (Å²) < 4.78 is 7.25. The molecule has 3 N–H and O–H groups in total. The molecule has 41 heavy (non-hydrogen) atoms. The van der Waals surface area contributed by atoms with E-state index < -0.39 is 0 Å². The molecule has 2 spiro atoms. The van der Waals surface area contributed by atoms with E-state index in [-0.39, 0.29) is 11.0 Å². The number of nitrogens with one attached hydrogen (secondary N) is 3. The number of benzene rings is 1. The lowest BCUT2D eigenvalue weighted by Gasteiger charge is -2.60. The predicted octanol–water partition coefficient (Wildman–Crippen LogP) is 6.43. The molecule has 220 valence electrons. The van der Waals surface area contributed by atoms with Gasteiger partial charge in [-0.1, -0.05) is 42.5 Å². The Morgan fingerprint density at radius 1 is 0.829 bits per heavy atom. The van der Waals surface area contributed by atoms with E-state index in [0.717, 1.165) is 32.4 Å². The van der Waals surface area contributed by atoms with Crippen LogP contribution >= 0.6 is 0 Å². The molecule has 1 aliphatic carbocycles. The first-order valence-electron chi connectivity index (χ1n) is 17.1. The highest BCUT2D eigenvalue weighted by Crippen LogP contribution is 2.67. The lowest BCUT2D eigenvalue weighted by atomic mass is 9.50. The number of rotatable bonds is 1. The number of fused-ring (bicyclic) bond motifs is 4. The van der Waals surface area contributed by atoms with Crippen LogP contribution in [0.15, 0.2) is 48.6 Å². The number of nitrogens with zero attached hydrogens (tertiary/aromatic N) is 1. The highest BCUT2D eigenvalue weighted by molar-refractivity contribution is 5.85. The molecule has 3 fully saturated rings. The van der Waals surface area contributed by atoms with Crippen molar-refractivity contribution >= 4 is 10.9 Å². The summed E-state index contributed by atoms with van der Waals surface area (Å²) in [4.78, 5) is 6.82. The zero-order chi connectivity index (χ0) is 27.3. The van der Waals surface area contributed by atoms with Crippen molar-refractivity contribution in [3.8, 4) is 0 Å². The predicted molar refractivity (Wildman–Crippen MR) is 167 cm³/mol. The fourth-order valence-corrected chi connectivity index (χ4v) is 10.3. The van der Waals surface area contributed by atoms with Gasteiger partial charge in [0.2, 0.25) is 0 Å². The molecule has 2 saturated heterocycles. The summed E-state index contributed by atoms with van der Waals surface area (Å²) in [6.45, 7) is 5.92. The quantitative estimate of drug-likeness (QED) is 0.281. The van der Waals surface area contributed by atoms with Crippen molar-refractivity contribution in [2.45, 2.75) is 101 Å². The number of H-pyrrole nitrogens is 1. The van der Waals surface area contributed by atoms with E-state index in [9.17, 15) is 0 Å². The molecule has 2 aromatic rings. The zero-order valence-corrected chi connectivity index (χ0v) is 24.9. The number of para-hydroxylation sites is 1. The minimum absolute atomic E-state index is 0.0500. The van der Waals surface area contributed by atoms with Crippen LogP contribution in [-0.2, 0) is 11.2 Å². The molecule has 1 saturated carbocycles. The lowest BCUT2D eigenvalue weighted by molar-refractivity contribution is -0.0807. The van der Waals surface area contributed by atoms with Crippen LogP contribution in [0.5, 0.6) is 0 Å². The number of allylic oxidation sites excluding steroid dienone is 4. The molecule has 1 aromatic carbocycles. The minimum Gasteiger partial charge on any atom is -0.364 e. The summed E-state index contributed by atoms with van der Waals surface area (Å²) in [5, 5.41) is 9.82. The summed E-state index contributed by atoms with van der Waals surface area (Å²) in [5.41, 5.74) is 4.50. The smallest absolute Gasteiger partial charge is 0.111 e. The van der Waals surface area contributed by atoms with Gasteiger partial charge in [0.05, 0.1) is 12.1 Å². The Kier molecular flexibility index (Phi) is 7.14. The van der Waals surface area contributed by atoms with Gasteiger partial charge in [0, 0.05) is 40.5 Å². The topological polar surface area (TPSA) is 55.6 Å². The van der Waals surface area contributed by atoms with Gasteiger partial charge in [-0.3, -0.25) is 0 Å². The monoisotopic (exact) mass is 554 g/mol. The fraction of sp³-hybridized carbons (Fsp3) is 0.667. The molecule has 0 amide bonds. The van der Waals surface area contributed by atoms with Crippen LogP contribution in [-0.4, -0.2) is 60.4 Å². The molecule has 8 rings (SSSR count). The second kappa shape index (κ2) is 11.0. The molecule has 1 aromatic heterocycles. The second-order valence-electron chi connectivity index (χ2n) is 14.1. The number of ether oxygens (including phenoxy) is 1. The maximum atomic E-state index is 7.25. The van der Waals surface area contributed by atoms with Gasteiger partial charge in [-0.25, -0.2) is 0 Å². The molecule has 1 unspecified atom stereocenters. The first kappa shape index (κ1) is 26.7. The fourth-order valence-electron chi connectivity index (χ4n) is 10.3. The summed E-state index contributed by atoms with van der Waals surface area (Å²) in [5.74, 6) is 1.16. The normalized spacial score (nSPS) is 42.7. The van der Waals surface area contributed by atoms with Crippen molar-refractivity contribution in [3.05, 3.63) is 59.8 Å². The average Bonchev–Trinajstić information content (AvgIpc) is 3.59. The van der Waals surface area contributed by atoms with Gasteiger partial charge in [0.25, 0.3) is 0 Å². The van der Waals surface area contributed by atoms with Crippen LogP contribution < -0.4 is 10.6 Å². The number of hydrogen-bond donors (Lipinski definition) is 3. The van der Waals surface area contributed by atoms with E-state index in [1.165, 1.54) is 94.0 Å². The van der Waals surface area contributed by atoms with Crippen LogP contribution in [0, 0.1) is 17.3 Å². The summed E-state index contributed by atoms with van der Waals surface area (Å²) in [6, 6.07) is 9.77. The zero-order valence-electron chi connectivity index (χ0n) is 24.9. The minimum atomic E-state index is -0.0500. The van der Waals surface area contributed by atoms with E-state index in [1.807, 2.05) is 0 Å². The van der Waals surface area contributed by atoms with Crippen molar-refractivity contribution in [2.75, 3.05) is 32.7 Å². The molecule has 0 radical (unpaired) electrons. The van der Waals surface area contributed by atoms with Gasteiger partial charge in [-0.05, 0) is 121 Å².